The number of ether oxygens (including phenoxy) is 1. The molecule has 0 aliphatic heterocycles. The predicted octanol–water partition coefficient (Wildman–Crippen LogP) is -0.387. The lowest BCUT2D eigenvalue weighted by atomic mass is 10.4. The topological polar surface area (TPSA) is 93.1 Å². The van der Waals surface area contributed by atoms with E-state index < -0.39 is 17.4 Å². The van der Waals surface area contributed by atoms with E-state index in [9.17, 15) is 10.0 Å². The van der Waals surface area contributed by atoms with Gasteiger partial charge in [0.1, 0.15) is 6.23 Å². The molecule has 0 saturated heterocycles. The maximum absolute atomic E-state index is 10.5. The highest BCUT2D eigenvalue weighted by molar-refractivity contribution is 5.81. The lowest BCUT2D eigenvalue weighted by molar-refractivity contribution is -0.140. The molecule has 6 nitrogen and oxygen atoms in total. The molecule has 0 aromatic rings. The highest BCUT2D eigenvalue weighted by Gasteiger charge is 1.99. The third kappa shape index (κ3) is 4.80. The Morgan fingerprint density at radius 2 is 2.42 bits per heavy atom. The normalized spacial score (nSPS) is 13.8. The maximum atomic E-state index is 10.5. The zero-order valence-electron chi connectivity index (χ0n) is 6.51. The van der Waals surface area contributed by atoms with Crippen molar-refractivity contribution in [1.29, 1.82) is 0 Å². The van der Waals surface area contributed by atoms with E-state index in [1.165, 1.54) is 0 Å². The molecule has 1 unspecified atom stereocenters. The molecule has 0 bridgehead atoms. The third-order valence-corrected chi connectivity index (χ3v) is 0.917. The Labute approximate surface area is 69.2 Å². The van der Waals surface area contributed by atoms with Gasteiger partial charge in [-0.25, -0.2) is 10.0 Å². The van der Waals surface area contributed by atoms with Gasteiger partial charge in [0.25, 0.3) is 0 Å². The molecule has 6 heteroatoms. The number of esters is 1. The second kappa shape index (κ2) is 5.67. The van der Waals surface area contributed by atoms with Gasteiger partial charge in [0, 0.05) is 6.08 Å². The van der Waals surface area contributed by atoms with Crippen molar-refractivity contribution in [3.05, 3.63) is 17.4 Å². The van der Waals surface area contributed by atoms with Gasteiger partial charge in [0.2, 0.25) is 0 Å². The highest BCUT2D eigenvalue weighted by atomic mass is 16.8. The Morgan fingerprint density at radius 1 is 1.83 bits per heavy atom. The summed E-state index contributed by atoms with van der Waals surface area (Å²) < 4.78 is 4.43. The van der Waals surface area contributed by atoms with E-state index in [2.05, 4.69) is 4.74 Å². The largest absolute Gasteiger partial charge is 0.760 e. The Hall–Kier alpha value is -0.950. The lowest BCUT2D eigenvalue weighted by Gasteiger charge is -2.22. The van der Waals surface area contributed by atoms with Crippen LogP contribution in [0.4, 0.5) is 0 Å². The van der Waals surface area contributed by atoms with Crippen LogP contribution in [0, 0.1) is 5.21 Å². The minimum atomic E-state index is -1.74. The first kappa shape index (κ1) is 11.1. The van der Waals surface area contributed by atoms with Crippen molar-refractivity contribution >= 4 is 5.97 Å². The number of rotatable bonds is 4. The number of aliphatic hydroxyl groups excluding tert-OH is 1. The molecule has 0 spiro atoms. The van der Waals surface area contributed by atoms with Crippen LogP contribution >= 0.6 is 0 Å². The number of hydroxylamine groups is 2. The fraction of sp³-hybridized carbons (Fsp3) is 0.500. The summed E-state index contributed by atoms with van der Waals surface area (Å²) in [6.45, 7) is 1.83. The van der Waals surface area contributed by atoms with Gasteiger partial charge in [0.15, 0.2) is 0 Å². The van der Waals surface area contributed by atoms with E-state index in [0.717, 1.165) is 12.2 Å². The number of hydrogen-bond donors (Lipinski definition) is 2. The van der Waals surface area contributed by atoms with Gasteiger partial charge in [0.05, 0.1) is 6.61 Å². The average Bonchev–Trinajstić information content (AvgIpc) is 2.00. The van der Waals surface area contributed by atoms with Crippen LogP contribution in [0.1, 0.15) is 6.92 Å². The summed E-state index contributed by atoms with van der Waals surface area (Å²) >= 11 is 0. The first-order chi connectivity index (χ1) is 5.57. The summed E-state index contributed by atoms with van der Waals surface area (Å²) in [5, 5.41) is 25.9. The zero-order chi connectivity index (χ0) is 9.56. The van der Waals surface area contributed by atoms with Crippen LogP contribution in [0.5, 0.6) is 0 Å². The molecule has 0 aliphatic carbocycles. The van der Waals surface area contributed by atoms with Gasteiger partial charge in [-0.05, 0) is 13.0 Å². The Kier molecular flexibility index (Phi) is 5.22. The molecule has 0 rings (SSSR count). The SMILES string of the molecule is CCOC(=O)/C=C/C(O)N([O-])O. The quantitative estimate of drug-likeness (QED) is 0.262. The van der Waals surface area contributed by atoms with Crippen molar-refractivity contribution in [1.82, 2.24) is 5.23 Å². The molecule has 0 saturated carbocycles. The van der Waals surface area contributed by atoms with Gasteiger partial charge in [-0.2, -0.15) is 0 Å². The molecule has 0 aromatic heterocycles. The fourth-order valence-electron chi connectivity index (χ4n) is 0.429. The standard InChI is InChI=1S/C6H10NO5/c1-2-12-6(9)4-3-5(8)7(10)11/h3-5,8,10H,2H2,1H3/q-1/b4-3+. The lowest BCUT2D eigenvalue weighted by Crippen LogP contribution is -2.24. The van der Waals surface area contributed by atoms with Crippen molar-refractivity contribution in [2.24, 2.45) is 0 Å². The predicted molar refractivity (Wildman–Crippen MR) is 38.8 cm³/mol. The third-order valence-electron chi connectivity index (χ3n) is 0.917. The Morgan fingerprint density at radius 3 is 2.83 bits per heavy atom. The Bertz CT molecular complexity index is 167. The number of hydrogen-bond acceptors (Lipinski definition) is 6. The molecular formula is C6H10NO5-. The van der Waals surface area contributed by atoms with Gasteiger partial charge in [-0.3, -0.25) is 0 Å². The summed E-state index contributed by atoms with van der Waals surface area (Å²) in [6, 6.07) is 0. The smallest absolute Gasteiger partial charge is 0.330 e. The first-order valence-corrected chi connectivity index (χ1v) is 3.26. The van der Waals surface area contributed by atoms with Gasteiger partial charge < -0.3 is 20.3 Å². The summed E-state index contributed by atoms with van der Waals surface area (Å²) in [5.74, 6) is -0.682. The van der Waals surface area contributed by atoms with Crippen molar-refractivity contribution in [3.8, 4) is 0 Å². The second-order valence-electron chi connectivity index (χ2n) is 1.83. The number of carbonyl (C=O) groups is 1. The molecule has 70 valence electrons. The molecule has 0 aromatic carbocycles. The first-order valence-electron chi connectivity index (χ1n) is 3.26. The van der Waals surface area contributed by atoms with Crippen molar-refractivity contribution in [3.63, 3.8) is 0 Å². The molecule has 0 fully saturated rings. The van der Waals surface area contributed by atoms with Crippen LogP contribution in [0.2, 0.25) is 0 Å². The average molecular weight is 176 g/mol. The van der Waals surface area contributed by atoms with Crippen molar-refractivity contribution < 1.29 is 19.8 Å². The molecule has 0 amide bonds. The minimum Gasteiger partial charge on any atom is -0.760 e. The van der Waals surface area contributed by atoms with E-state index in [4.69, 9.17) is 10.3 Å². The van der Waals surface area contributed by atoms with Crippen LogP contribution < -0.4 is 0 Å². The van der Waals surface area contributed by atoms with Crippen molar-refractivity contribution in [2.75, 3.05) is 6.61 Å². The summed E-state index contributed by atoms with van der Waals surface area (Å²) in [4.78, 5) is 10.5. The van der Waals surface area contributed by atoms with E-state index in [1.807, 2.05) is 0 Å². The molecule has 0 radical (unpaired) electrons. The van der Waals surface area contributed by atoms with Crippen LogP contribution in [-0.4, -0.2) is 34.3 Å². The highest BCUT2D eigenvalue weighted by Crippen LogP contribution is 1.91. The summed E-state index contributed by atoms with van der Waals surface area (Å²) in [6.07, 6.45) is -0.0743. The molecule has 0 heterocycles. The number of carbonyl (C=O) groups excluding carboxylic acids is 1. The fourth-order valence-corrected chi connectivity index (χ4v) is 0.429. The molecule has 12 heavy (non-hydrogen) atoms. The number of nitrogens with zero attached hydrogens (tertiary/aromatic N) is 1. The van der Waals surface area contributed by atoms with E-state index in [1.54, 1.807) is 6.92 Å². The van der Waals surface area contributed by atoms with Crippen molar-refractivity contribution in [2.45, 2.75) is 13.2 Å². The van der Waals surface area contributed by atoms with Gasteiger partial charge in [-0.1, -0.05) is 0 Å². The van der Waals surface area contributed by atoms with Crippen LogP contribution in [0.3, 0.4) is 0 Å². The van der Waals surface area contributed by atoms with E-state index >= 15 is 0 Å². The van der Waals surface area contributed by atoms with Crippen LogP contribution in [-0.2, 0) is 9.53 Å². The van der Waals surface area contributed by atoms with E-state index in [0.29, 0.717) is 0 Å². The zero-order valence-corrected chi connectivity index (χ0v) is 6.51. The summed E-state index contributed by atoms with van der Waals surface area (Å²) in [7, 11) is 0. The van der Waals surface area contributed by atoms with Crippen LogP contribution in [0.25, 0.3) is 0 Å². The second-order valence-corrected chi connectivity index (χ2v) is 1.83. The minimum absolute atomic E-state index is 0.208. The molecular weight excluding hydrogens is 166 g/mol. The van der Waals surface area contributed by atoms with Gasteiger partial charge in [-0.15, -0.1) is 0 Å². The van der Waals surface area contributed by atoms with Gasteiger partial charge >= 0.3 is 5.97 Å². The molecule has 1 atom stereocenters. The summed E-state index contributed by atoms with van der Waals surface area (Å²) in [5.41, 5.74) is 0. The maximum Gasteiger partial charge on any atom is 0.330 e. The molecule has 2 N–H and O–H groups in total. The van der Waals surface area contributed by atoms with Crippen LogP contribution in [0.15, 0.2) is 12.2 Å². The monoisotopic (exact) mass is 176 g/mol. The molecule has 0 aliphatic rings. The van der Waals surface area contributed by atoms with E-state index in [-0.39, 0.29) is 6.61 Å². The number of aliphatic hydroxyl groups is 1. The Balaban J connectivity index is 3.81.